The highest BCUT2D eigenvalue weighted by atomic mass is 32.2. The maximum atomic E-state index is 12.0. The Labute approximate surface area is 124 Å². The van der Waals surface area contributed by atoms with Crippen LogP contribution in [-0.2, 0) is 20.4 Å². The average Bonchev–Trinajstić information content (AvgIpc) is 2.35. The Bertz CT molecular complexity index is 597. The van der Waals surface area contributed by atoms with Crippen LogP contribution in [0.25, 0.3) is 0 Å². The van der Waals surface area contributed by atoms with Crippen molar-refractivity contribution in [1.82, 2.24) is 5.32 Å². The van der Waals surface area contributed by atoms with E-state index in [0.717, 1.165) is 6.42 Å². The molecule has 0 aliphatic carbocycles. The molecule has 0 fully saturated rings. The predicted molar refractivity (Wildman–Crippen MR) is 83.1 cm³/mol. The van der Waals surface area contributed by atoms with Crippen molar-refractivity contribution >= 4 is 33.0 Å². The number of rotatable bonds is 7. The standard InChI is InChI=1S/C13H18N2O3S2/c1-2-7-15-12(16)9-20(17,18)8-10-5-3-4-6-11(10)13(14)19/h3-6H,2,7-9H2,1H3,(H2,14,19)(H,15,16). The largest absolute Gasteiger partial charge is 0.389 e. The molecule has 0 atom stereocenters. The summed E-state index contributed by atoms with van der Waals surface area (Å²) in [7, 11) is -3.55. The van der Waals surface area contributed by atoms with Gasteiger partial charge in [-0.25, -0.2) is 8.42 Å². The zero-order valence-corrected chi connectivity index (χ0v) is 12.9. The summed E-state index contributed by atoms with van der Waals surface area (Å²) in [4.78, 5) is 11.6. The summed E-state index contributed by atoms with van der Waals surface area (Å²) in [6, 6.07) is 6.77. The van der Waals surface area contributed by atoms with Crippen LogP contribution in [0.1, 0.15) is 24.5 Å². The maximum Gasteiger partial charge on any atom is 0.235 e. The summed E-state index contributed by atoms with van der Waals surface area (Å²) in [5, 5.41) is 2.54. The van der Waals surface area contributed by atoms with E-state index in [1.54, 1.807) is 24.3 Å². The van der Waals surface area contributed by atoms with Crippen molar-refractivity contribution in [1.29, 1.82) is 0 Å². The minimum Gasteiger partial charge on any atom is -0.389 e. The Morgan fingerprint density at radius 3 is 2.60 bits per heavy atom. The van der Waals surface area contributed by atoms with Crippen LogP contribution in [0, 0.1) is 0 Å². The molecule has 0 heterocycles. The molecule has 3 N–H and O–H groups in total. The van der Waals surface area contributed by atoms with Crippen molar-refractivity contribution < 1.29 is 13.2 Å². The van der Waals surface area contributed by atoms with Gasteiger partial charge in [-0.15, -0.1) is 0 Å². The average molecular weight is 314 g/mol. The van der Waals surface area contributed by atoms with E-state index in [1.807, 2.05) is 6.92 Å². The normalized spacial score (nSPS) is 11.1. The van der Waals surface area contributed by atoms with Crippen LogP contribution in [0.15, 0.2) is 24.3 Å². The van der Waals surface area contributed by atoms with E-state index in [-0.39, 0.29) is 10.7 Å². The van der Waals surface area contributed by atoms with Crippen molar-refractivity contribution in [3.8, 4) is 0 Å². The number of thiocarbonyl (C=S) groups is 1. The third-order valence-corrected chi connectivity index (χ3v) is 4.25. The molecule has 0 unspecified atom stereocenters. The molecule has 1 aromatic carbocycles. The molecule has 0 aliphatic heterocycles. The maximum absolute atomic E-state index is 12.0. The topological polar surface area (TPSA) is 89.3 Å². The molecular formula is C13H18N2O3S2. The molecule has 1 rings (SSSR count). The van der Waals surface area contributed by atoms with Crippen LogP contribution in [0.5, 0.6) is 0 Å². The number of hydrogen-bond acceptors (Lipinski definition) is 4. The molecule has 20 heavy (non-hydrogen) atoms. The second-order valence-corrected chi connectivity index (χ2v) is 6.91. The van der Waals surface area contributed by atoms with Gasteiger partial charge in [-0.05, 0) is 12.0 Å². The molecule has 0 aromatic heterocycles. The first-order chi connectivity index (χ1) is 9.35. The highest BCUT2D eigenvalue weighted by molar-refractivity contribution is 7.91. The van der Waals surface area contributed by atoms with Gasteiger partial charge < -0.3 is 11.1 Å². The number of sulfone groups is 1. The van der Waals surface area contributed by atoms with E-state index < -0.39 is 21.5 Å². The van der Waals surface area contributed by atoms with Crippen molar-refractivity contribution in [2.24, 2.45) is 5.73 Å². The molecule has 0 saturated heterocycles. The van der Waals surface area contributed by atoms with Gasteiger partial charge in [0.25, 0.3) is 0 Å². The highest BCUT2D eigenvalue weighted by Gasteiger charge is 2.19. The zero-order chi connectivity index (χ0) is 15.2. The first kappa shape index (κ1) is 16.6. The van der Waals surface area contributed by atoms with E-state index in [1.165, 1.54) is 0 Å². The minimum atomic E-state index is -3.55. The first-order valence-electron chi connectivity index (χ1n) is 6.20. The fourth-order valence-electron chi connectivity index (χ4n) is 1.69. The SMILES string of the molecule is CCCNC(=O)CS(=O)(=O)Cc1ccccc1C(N)=S. The number of hydrogen-bond donors (Lipinski definition) is 2. The van der Waals surface area contributed by atoms with Gasteiger partial charge in [-0.1, -0.05) is 43.4 Å². The van der Waals surface area contributed by atoms with E-state index >= 15 is 0 Å². The third-order valence-electron chi connectivity index (χ3n) is 2.58. The Hall–Kier alpha value is -1.47. The van der Waals surface area contributed by atoms with Gasteiger partial charge in [-0.3, -0.25) is 4.79 Å². The number of benzene rings is 1. The lowest BCUT2D eigenvalue weighted by atomic mass is 10.1. The molecule has 7 heteroatoms. The van der Waals surface area contributed by atoms with Crippen molar-refractivity contribution in [3.63, 3.8) is 0 Å². The van der Waals surface area contributed by atoms with Crippen LogP contribution >= 0.6 is 12.2 Å². The van der Waals surface area contributed by atoms with Crippen LogP contribution in [0.3, 0.4) is 0 Å². The lowest BCUT2D eigenvalue weighted by Crippen LogP contribution is -2.31. The molecular weight excluding hydrogens is 296 g/mol. The summed E-state index contributed by atoms with van der Waals surface area (Å²) in [5.74, 6) is -1.27. The number of nitrogens with two attached hydrogens (primary N) is 1. The van der Waals surface area contributed by atoms with Gasteiger partial charge in [0.2, 0.25) is 5.91 Å². The molecule has 5 nitrogen and oxygen atoms in total. The summed E-state index contributed by atoms with van der Waals surface area (Å²) in [6.45, 7) is 2.37. The molecule has 1 amide bonds. The second-order valence-electron chi connectivity index (χ2n) is 4.40. The summed E-state index contributed by atoms with van der Waals surface area (Å²) in [6.07, 6.45) is 0.760. The number of amides is 1. The third kappa shape index (κ3) is 5.26. The summed E-state index contributed by atoms with van der Waals surface area (Å²) in [5.41, 5.74) is 6.60. The zero-order valence-electron chi connectivity index (χ0n) is 11.3. The quantitative estimate of drug-likeness (QED) is 0.725. The van der Waals surface area contributed by atoms with Gasteiger partial charge in [0.1, 0.15) is 10.7 Å². The van der Waals surface area contributed by atoms with E-state index in [4.69, 9.17) is 18.0 Å². The van der Waals surface area contributed by atoms with Gasteiger partial charge >= 0.3 is 0 Å². The van der Waals surface area contributed by atoms with Crippen LogP contribution in [-0.4, -0.2) is 31.6 Å². The molecule has 0 bridgehead atoms. The second kappa shape index (κ2) is 7.35. The lowest BCUT2D eigenvalue weighted by molar-refractivity contribution is -0.118. The first-order valence-corrected chi connectivity index (χ1v) is 8.43. The predicted octanol–water partition coefficient (Wildman–Crippen LogP) is 0.762. The fourth-order valence-corrected chi connectivity index (χ4v) is 3.22. The molecule has 0 aliphatic rings. The molecule has 0 spiro atoms. The van der Waals surface area contributed by atoms with Gasteiger partial charge in [0.05, 0.1) is 5.75 Å². The van der Waals surface area contributed by atoms with Crippen molar-refractivity contribution in [3.05, 3.63) is 35.4 Å². The van der Waals surface area contributed by atoms with Crippen LogP contribution < -0.4 is 11.1 Å². The van der Waals surface area contributed by atoms with E-state index in [9.17, 15) is 13.2 Å². The molecule has 1 aromatic rings. The van der Waals surface area contributed by atoms with Crippen molar-refractivity contribution in [2.75, 3.05) is 12.3 Å². The lowest BCUT2D eigenvalue weighted by Gasteiger charge is -2.09. The highest BCUT2D eigenvalue weighted by Crippen LogP contribution is 2.13. The monoisotopic (exact) mass is 314 g/mol. The Morgan fingerprint density at radius 2 is 2.00 bits per heavy atom. The Balaban J connectivity index is 2.81. The van der Waals surface area contributed by atoms with E-state index in [2.05, 4.69) is 5.32 Å². The van der Waals surface area contributed by atoms with E-state index in [0.29, 0.717) is 17.7 Å². The van der Waals surface area contributed by atoms with Crippen molar-refractivity contribution in [2.45, 2.75) is 19.1 Å². The van der Waals surface area contributed by atoms with Gasteiger partial charge in [-0.2, -0.15) is 0 Å². The molecule has 0 radical (unpaired) electrons. The number of carbonyl (C=O) groups is 1. The molecule has 110 valence electrons. The van der Waals surface area contributed by atoms with Gasteiger partial charge in [0, 0.05) is 12.1 Å². The number of nitrogens with one attached hydrogen (secondary N) is 1. The smallest absolute Gasteiger partial charge is 0.235 e. The minimum absolute atomic E-state index is 0.145. The van der Waals surface area contributed by atoms with Crippen LogP contribution in [0.2, 0.25) is 0 Å². The fraction of sp³-hybridized carbons (Fsp3) is 0.385. The summed E-state index contributed by atoms with van der Waals surface area (Å²) < 4.78 is 24.0. The summed E-state index contributed by atoms with van der Waals surface area (Å²) >= 11 is 4.89. The number of carbonyl (C=O) groups excluding carboxylic acids is 1. The Morgan fingerprint density at radius 1 is 1.35 bits per heavy atom. The molecule has 0 saturated carbocycles. The van der Waals surface area contributed by atoms with Crippen LogP contribution in [0.4, 0.5) is 0 Å². The Kier molecular flexibility index (Phi) is 6.09. The van der Waals surface area contributed by atoms with Gasteiger partial charge in [0.15, 0.2) is 9.84 Å².